The van der Waals surface area contributed by atoms with Crippen LogP contribution in [-0.2, 0) is 12.1 Å². The van der Waals surface area contributed by atoms with Gasteiger partial charge in [-0.15, -0.1) is 0 Å². The zero-order valence-electron chi connectivity index (χ0n) is 14.2. The molecule has 0 spiro atoms. The normalized spacial score (nSPS) is 21.6. The van der Waals surface area contributed by atoms with Gasteiger partial charge >= 0.3 is 0 Å². The van der Waals surface area contributed by atoms with E-state index >= 15 is 0 Å². The van der Waals surface area contributed by atoms with Crippen molar-refractivity contribution in [1.29, 1.82) is 0 Å². The Morgan fingerprint density at radius 3 is 2.71 bits per heavy atom. The maximum absolute atomic E-state index is 11.0. The lowest BCUT2D eigenvalue weighted by Gasteiger charge is -2.23. The van der Waals surface area contributed by atoms with Crippen molar-refractivity contribution in [2.75, 3.05) is 13.1 Å². The van der Waals surface area contributed by atoms with Crippen LogP contribution in [0.15, 0.2) is 52.9 Å². The Balaban J connectivity index is 1.56. The van der Waals surface area contributed by atoms with Crippen molar-refractivity contribution >= 4 is 11.0 Å². The van der Waals surface area contributed by atoms with Crippen LogP contribution < -0.4 is 0 Å². The molecule has 4 rings (SSSR count). The third-order valence-corrected chi connectivity index (χ3v) is 5.20. The Kier molecular flexibility index (Phi) is 3.70. The largest absolute Gasteiger partial charge is 0.459 e. The lowest BCUT2D eigenvalue weighted by atomic mass is 9.93. The highest BCUT2D eigenvalue weighted by Gasteiger charge is 2.37. The van der Waals surface area contributed by atoms with Crippen LogP contribution in [0.2, 0.25) is 0 Å². The Bertz CT molecular complexity index is 868. The molecule has 0 radical (unpaired) electrons. The molecule has 1 atom stereocenters. The standard InChI is InChI=1S/C21H23NO2/c1-15-8-9-19-18(12-15)16(2)20(24-19)13-22-11-10-21(23,14-22)17-6-4-3-5-7-17/h3-9,12,23H,10-11,13-14H2,1-2H3/t21-/m0/s1. The van der Waals surface area contributed by atoms with E-state index in [-0.39, 0.29) is 0 Å². The van der Waals surface area contributed by atoms with E-state index in [1.807, 2.05) is 36.4 Å². The molecule has 0 aliphatic carbocycles. The van der Waals surface area contributed by atoms with Crippen LogP contribution in [0.3, 0.4) is 0 Å². The smallest absolute Gasteiger partial charge is 0.134 e. The fraction of sp³-hybridized carbons (Fsp3) is 0.333. The molecule has 124 valence electrons. The van der Waals surface area contributed by atoms with Gasteiger partial charge in [0.15, 0.2) is 0 Å². The number of hydrogen-bond acceptors (Lipinski definition) is 3. The number of aryl methyl sites for hydroxylation is 2. The molecule has 3 heteroatoms. The summed E-state index contributed by atoms with van der Waals surface area (Å²) in [7, 11) is 0. The van der Waals surface area contributed by atoms with E-state index in [4.69, 9.17) is 4.42 Å². The summed E-state index contributed by atoms with van der Waals surface area (Å²) in [6, 6.07) is 16.3. The Morgan fingerprint density at radius 2 is 1.92 bits per heavy atom. The molecular formula is C21H23NO2. The van der Waals surface area contributed by atoms with Crippen molar-refractivity contribution in [2.45, 2.75) is 32.4 Å². The summed E-state index contributed by atoms with van der Waals surface area (Å²) in [6.45, 7) is 6.49. The van der Waals surface area contributed by atoms with E-state index in [1.165, 1.54) is 16.5 Å². The van der Waals surface area contributed by atoms with Gasteiger partial charge in [-0.2, -0.15) is 0 Å². The van der Waals surface area contributed by atoms with Crippen LogP contribution in [0.1, 0.15) is 28.9 Å². The molecule has 1 aliphatic rings. The summed E-state index contributed by atoms with van der Waals surface area (Å²) in [5.74, 6) is 1.01. The van der Waals surface area contributed by atoms with Crippen molar-refractivity contribution in [3.8, 4) is 0 Å². The van der Waals surface area contributed by atoms with Crippen LogP contribution in [0.25, 0.3) is 11.0 Å². The molecule has 1 aromatic heterocycles. The summed E-state index contributed by atoms with van der Waals surface area (Å²) < 4.78 is 6.07. The topological polar surface area (TPSA) is 36.6 Å². The van der Waals surface area contributed by atoms with Crippen molar-refractivity contribution in [3.05, 3.63) is 71.0 Å². The number of rotatable bonds is 3. The zero-order valence-corrected chi connectivity index (χ0v) is 14.2. The molecule has 1 N–H and O–H groups in total. The van der Waals surface area contributed by atoms with E-state index in [2.05, 4.69) is 30.9 Å². The molecule has 0 amide bonds. The van der Waals surface area contributed by atoms with E-state index in [9.17, 15) is 5.11 Å². The minimum atomic E-state index is -0.752. The molecule has 3 aromatic rings. The number of benzene rings is 2. The van der Waals surface area contributed by atoms with E-state index < -0.39 is 5.60 Å². The maximum atomic E-state index is 11.0. The molecular weight excluding hydrogens is 298 g/mol. The van der Waals surface area contributed by atoms with Crippen LogP contribution in [0, 0.1) is 13.8 Å². The highest BCUT2D eigenvalue weighted by Crippen LogP contribution is 2.34. The first-order valence-corrected chi connectivity index (χ1v) is 8.54. The highest BCUT2D eigenvalue weighted by atomic mass is 16.3. The second-order valence-electron chi connectivity index (χ2n) is 7.01. The molecule has 2 heterocycles. The number of aliphatic hydroxyl groups is 1. The van der Waals surface area contributed by atoms with Gasteiger partial charge in [0, 0.05) is 18.5 Å². The SMILES string of the molecule is Cc1ccc2oc(CN3CC[C@@](O)(c4ccccc4)C3)c(C)c2c1. The van der Waals surface area contributed by atoms with Gasteiger partial charge in [-0.3, -0.25) is 4.90 Å². The third-order valence-electron chi connectivity index (χ3n) is 5.20. The van der Waals surface area contributed by atoms with Gasteiger partial charge in [-0.1, -0.05) is 42.0 Å². The number of fused-ring (bicyclic) bond motifs is 1. The highest BCUT2D eigenvalue weighted by molar-refractivity contribution is 5.82. The maximum Gasteiger partial charge on any atom is 0.134 e. The number of hydrogen-bond donors (Lipinski definition) is 1. The van der Waals surface area contributed by atoms with Crippen LogP contribution in [0.4, 0.5) is 0 Å². The van der Waals surface area contributed by atoms with Crippen molar-refractivity contribution < 1.29 is 9.52 Å². The van der Waals surface area contributed by atoms with E-state index in [1.54, 1.807) is 0 Å². The quantitative estimate of drug-likeness (QED) is 0.787. The predicted octanol–water partition coefficient (Wildman–Crippen LogP) is 4.14. The minimum Gasteiger partial charge on any atom is -0.459 e. The van der Waals surface area contributed by atoms with Gasteiger partial charge in [0.25, 0.3) is 0 Å². The number of nitrogens with zero attached hydrogens (tertiary/aromatic N) is 1. The zero-order chi connectivity index (χ0) is 16.7. The Morgan fingerprint density at radius 1 is 1.12 bits per heavy atom. The second-order valence-corrected chi connectivity index (χ2v) is 7.01. The summed E-state index contributed by atoms with van der Waals surface area (Å²) in [5.41, 5.74) is 3.66. The van der Waals surface area contributed by atoms with Gasteiger partial charge in [0.2, 0.25) is 0 Å². The molecule has 0 bridgehead atoms. The van der Waals surface area contributed by atoms with Crippen molar-refractivity contribution in [1.82, 2.24) is 4.90 Å². The summed E-state index contributed by atoms with van der Waals surface area (Å²) in [4.78, 5) is 2.28. The lowest BCUT2D eigenvalue weighted by molar-refractivity contribution is 0.0446. The first kappa shape index (κ1) is 15.4. The third kappa shape index (κ3) is 2.64. The van der Waals surface area contributed by atoms with E-state index in [0.717, 1.165) is 36.4 Å². The summed E-state index contributed by atoms with van der Waals surface area (Å²) in [5, 5.41) is 12.2. The Hall–Kier alpha value is -2.10. The molecule has 24 heavy (non-hydrogen) atoms. The monoisotopic (exact) mass is 321 g/mol. The Labute approximate surface area is 142 Å². The molecule has 3 nitrogen and oxygen atoms in total. The van der Waals surface area contributed by atoms with Gasteiger partial charge in [-0.05, 0) is 43.5 Å². The molecule has 1 saturated heterocycles. The molecule has 0 saturated carbocycles. The first-order valence-electron chi connectivity index (χ1n) is 8.54. The van der Waals surface area contributed by atoms with Gasteiger partial charge in [0.05, 0.1) is 6.54 Å². The van der Waals surface area contributed by atoms with Crippen molar-refractivity contribution in [3.63, 3.8) is 0 Å². The average Bonchev–Trinajstić information content (AvgIpc) is 3.11. The minimum absolute atomic E-state index is 0.645. The van der Waals surface area contributed by atoms with Crippen molar-refractivity contribution in [2.24, 2.45) is 0 Å². The van der Waals surface area contributed by atoms with Gasteiger partial charge in [0.1, 0.15) is 16.9 Å². The number of β-amino-alcohol motifs (C(OH)–C–C–N with tert-alkyl or cyclic N) is 1. The fourth-order valence-electron chi connectivity index (χ4n) is 3.73. The summed E-state index contributed by atoms with van der Waals surface area (Å²) >= 11 is 0. The molecule has 1 aliphatic heterocycles. The van der Waals surface area contributed by atoms with Gasteiger partial charge in [-0.25, -0.2) is 0 Å². The molecule has 2 aromatic carbocycles. The van der Waals surface area contributed by atoms with Gasteiger partial charge < -0.3 is 9.52 Å². The van der Waals surface area contributed by atoms with E-state index in [0.29, 0.717) is 6.54 Å². The molecule has 0 unspecified atom stereocenters. The van der Waals surface area contributed by atoms with Crippen LogP contribution in [0.5, 0.6) is 0 Å². The lowest BCUT2D eigenvalue weighted by Crippen LogP contribution is -2.30. The summed E-state index contributed by atoms with van der Waals surface area (Å²) in [6.07, 6.45) is 0.759. The average molecular weight is 321 g/mol. The second kappa shape index (κ2) is 5.76. The number of likely N-dealkylation sites (tertiary alicyclic amines) is 1. The first-order chi connectivity index (χ1) is 11.5. The predicted molar refractivity (Wildman–Crippen MR) is 95.9 cm³/mol. The number of furan rings is 1. The molecule has 1 fully saturated rings. The fourth-order valence-corrected chi connectivity index (χ4v) is 3.73. The van der Waals surface area contributed by atoms with Crippen LogP contribution in [-0.4, -0.2) is 23.1 Å². The van der Waals surface area contributed by atoms with Crippen LogP contribution >= 0.6 is 0 Å².